The Kier molecular flexibility index (Phi) is 43.7. The smallest absolute Gasteiger partial charge is 0.305 e. The molecule has 0 aliphatic rings. The number of nitrogens with one attached hydrogen (secondary N) is 1. The normalized spacial score (nSPS) is 12.9. The quantitative estimate of drug-likeness (QED) is 0.0325. The molecular formula is C49H93NO5. The molecule has 0 aliphatic heterocycles. The minimum Gasteiger partial charge on any atom is -0.466 e. The molecular weight excluding hydrogens is 683 g/mol. The van der Waals surface area contributed by atoms with Crippen LogP contribution in [0.1, 0.15) is 251 Å². The van der Waals surface area contributed by atoms with Crippen molar-refractivity contribution in [3.05, 3.63) is 24.3 Å². The third-order valence-corrected chi connectivity index (χ3v) is 11.0. The summed E-state index contributed by atoms with van der Waals surface area (Å²) in [5.74, 6) is -0.132. The maximum atomic E-state index is 12.3. The highest BCUT2D eigenvalue weighted by atomic mass is 16.5. The van der Waals surface area contributed by atoms with Crippen LogP contribution in [0.3, 0.4) is 0 Å². The van der Waals surface area contributed by atoms with Crippen molar-refractivity contribution in [2.24, 2.45) is 0 Å². The van der Waals surface area contributed by atoms with Gasteiger partial charge in [0.1, 0.15) is 0 Å². The van der Waals surface area contributed by atoms with Gasteiger partial charge < -0.3 is 20.3 Å². The molecule has 0 rings (SSSR count). The van der Waals surface area contributed by atoms with Gasteiger partial charge >= 0.3 is 5.97 Å². The van der Waals surface area contributed by atoms with Gasteiger partial charge in [0, 0.05) is 12.8 Å². The SMILES string of the molecule is CCCCCCCCCCCCCCCCCC(=O)OCCCCCCCC/C=C\C/C=C\CCC(=O)NC(CO)C(O)CCCCCCCCCCCC. The van der Waals surface area contributed by atoms with Crippen LogP contribution in [0, 0.1) is 0 Å². The van der Waals surface area contributed by atoms with Crippen LogP contribution in [0.4, 0.5) is 0 Å². The molecule has 0 aliphatic carbocycles. The molecule has 0 fully saturated rings. The summed E-state index contributed by atoms with van der Waals surface area (Å²) in [4.78, 5) is 24.4. The Hall–Kier alpha value is -1.66. The Morgan fingerprint density at radius 2 is 0.927 bits per heavy atom. The molecule has 0 saturated carbocycles. The highest BCUT2D eigenvalue weighted by Crippen LogP contribution is 2.16. The van der Waals surface area contributed by atoms with Gasteiger partial charge in [-0.05, 0) is 44.9 Å². The predicted molar refractivity (Wildman–Crippen MR) is 236 cm³/mol. The molecule has 6 heteroatoms. The second-order valence-electron chi connectivity index (χ2n) is 16.4. The molecule has 3 N–H and O–H groups in total. The number of unbranched alkanes of at least 4 members (excludes halogenated alkanes) is 29. The van der Waals surface area contributed by atoms with Gasteiger partial charge in [-0.25, -0.2) is 0 Å². The van der Waals surface area contributed by atoms with E-state index in [-0.39, 0.29) is 18.5 Å². The van der Waals surface area contributed by atoms with Crippen LogP contribution in [-0.4, -0.2) is 47.4 Å². The van der Waals surface area contributed by atoms with Crippen LogP contribution in [0.15, 0.2) is 24.3 Å². The average molecular weight is 776 g/mol. The summed E-state index contributed by atoms with van der Waals surface area (Å²) >= 11 is 0. The zero-order valence-electron chi connectivity index (χ0n) is 36.7. The maximum absolute atomic E-state index is 12.3. The van der Waals surface area contributed by atoms with Crippen LogP contribution in [0.2, 0.25) is 0 Å². The van der Waals surface area contributed by atoms with Gasteiger partial charge in [0.2, 0.25) is 5.91 Å². The maximum Gasteiger partial charge on any atom is 0.305 e. The molecule has 2 unspecified atom stereocenters. The lowest BCUT2D eigenvalue weighted by atomic mass is 10.0. The van der Waals surface area contributed by atoms with E-state index in [4.69, 9.17) is 4.74 Å². The predicted octanol–water partition coefficient (Wildman–Crippen LogP) is 14.0. The van der Waals surface area contributed by atoms with Crippen molar-refractivity contribution in [3.8, 4) is 0 Å². The topological polar surface area (TPSA) is 95.9 Å². The van der Waals surface area contributed by atoms with Crippen molar-refractivity contribution in [2.45, 2.75) is 264 Å². The van der Waals surface area contributed by atoms with Crippen molar-refractivity contribution in [1.82, 2.24) is 5.32 Å². The van der Waals surface area contributed by atoms with Gasteiger partial charge in [-0.15, -0.1) is 0 Å². The van der Waals surface area contributed by atoms with Gasteiger partial charge in [0.25, 0.3) is 0 Å². The van der Waals surface area contributed by atoms with Gasteiger partial charge in [-0.1, -0.05) is 218 Å². The van der Waals surface area contributed by atoms with Crippen molar-refractivity contribution >= 4 is 11.9 Å². The van der Waals surface area contributed by atoms with E-state index in [9.17, 15) is 19.8 Å². The molecule has 0 bridgehead atoms. The average Bonchev–Trinajstić information content (AvgIpc) is 3.18. The number of ether oxygens (including phenoxy) is 1. The largest absolute Gasteiger partial charge is 0.466 e. The first-order valence-electron chi connectivity index (χ1n) is 24.1. The highest BCUT2D eigenvalue weighted by Gasteiger charge is 2.19. The summed E-state index contributed by atoms with van der Waals surface area (Å²) in [5.41, 5.74) is 0. The Labute approximate surface area is 341 Å². The van der Waals surface area contributed by atoms with Gasteiger partial charge in [-0.3, -0.25) is 9.59 Å². The minimum absolute atomic E-state index is 0.0148. The number of rotatable bonds is 44. The first kappa shape index (κ1) is 53.3. The fourth-order valence-electron chi connectivity index (χ4n) is 7.28. The number of carbonyl (C=O) groups is 2. The van der Waals surface area contributed by atoms with Crippen molar-refractivity contribution in [1.29, 1.82) is 0 Å². The molecule has 1 amide bonds. The lowest BCUT2D eigenvalue weighted by molar-refractivity contribution is -0.143. The van der Waals surface area contributed by atoms with E-state index in [0.29, 0.717) is 32.3 Å². The summed E-state index contributed by atoms with van der Waals surface area (Å²) < 4.78 is 5.45. The number of hydrogen-bond acceptors (Lipinski definition) is 5. The number of aliphatic hydroxyl groups excluding tert-OH is 2. The van der Waals surface area contributed by atoms with Gasteiger partial charge in [0.05, 0.1) is 25.4 Å². The third-order valence-electron chi connectivity index (χ3n) is 11.0. The summed E-state index contributed by atoms with van der Waals surface area (Å²) in [6, 6.07) is -0.582. The molecule has 0 heterocycles. The van der Waals surface area contributed by atoms with Crippen LogP contribution in [0.5, 0.6) is 0 Å². The van der Waals surface area contributed by atoms with Crippen LogP contribution in [-0.2, 0) is 14.3 Å². The van der Waals surface area contributed by atoms with E-state index in [2.05, 4.69) is 37.4 Å². The Morgan fingerprint density at radius 1 is 0.509 bits per heavy atom. The molecule has 324 valence electrons. The lowest BCUT2D eigenvalue weighted by Gasteiger charge is -2.22. The molecule has 0 aromatic rings. The van der Waals surface area contributed by atoms with E-state index in [1.54, 1.807) is 0 Å². The number of carbonyl (C=O) groups excluding carboxylic acids is 2. The van der Waals surface area contributed by atoms with Crippen LogP contribution >= 0.6 is 0 Å². The van der Waals surface area contributed by atoms with Crippen LogP contribution < -0.4 is 5.32 Å². The van der Waals surface area contributed by atoms with E-state index < -0.39 is 12.1 Å². The van der Waals surface area contributed by atoms with Crippen molar-refractivity contribution in [2.75, 3.05) is 13.2 Å². The zero-order valence-corrected chi connectivity index (χ0v) is 36.7. The first-order chi connectivity index (χ1) is 27.0. The van der Waals surface area contributed by atoms with E-state index in [1.807, 2.05) is 6.08 Å². The standard InChI is InChI=1S/C49H93NO5/c1-3-5-7-9-11-13-15-16-17-20-23-27-31-35-39-43-49(54)55-44-40-36-32-28-24-21-18-19-22-26-30-34-38-42-48(53)50-46(45-51)47(52)41-37-33-29-25-14-12-10-8-6-4-2/h19,22,30,34,46-47,51-52H,3-18,20-21,23-29,31-33,35-45H2,1-2H3,(H,50,53)/b22-19-,34-30-. The molecule has 0 aromatic carbocycles. The molecule has 55 heavy (non-hydrogen) atoms. The summed E-state index contributed by atoms with van der Waals surface area (Å²) in [5, 5.41) is 23.0. The fraction of sp³-hybridized carbons (Fsp3) is 0.878. The van der Waals surface area contributed by atoms with E-state index in [1.165, 1.54) is 161 Å². The van der Waals surface area contributed by atoms with Gasteiger partial charge in [0.15, 0.2) is 0 Å². The van der Waals surface area contributed by atoms with Crippen molar-refractivity contribution < 1.29 is 24.5 Å². The summed E-state index contributed by atoms with van der Waals surface area (Å²) in [6.07, 6.45) is 51.6. The lowest BCUT2D eigenvalue weighted by Crippen LogP contribution is -2.45. The summed E-state index contributed by atoms with van der Waals surface area (Å²) in [6.45, 7) is 4.87. The second kappa shape index (κ2) is 45.0. The highest BCUT2D eigenvalue weighted by molar-refractivity contribution is 5.76. The first-order valence-corrected chi connectivity index (χ1v) is 24.1. The fourth-order valence-corrected chi connectivity index (χ4v) is 7.28. The summed E-state index contributed by atoms with van der Waals surface area (Å²) in [7, 11) is 0. The monoisotopic (exact) mass is 776 g/mol. The van der Waals surface area contributed by atoms with E-state index in [0.717, 1.165) is 51.4 Å². The molecule has 0 spiro atoms. The number of amides is 1. The number of hydrogen-bond donors (Lipinski definition) is 3. The Morgan fingerprint density at radius 3 is 1.42 bits per heavy atom. The van der Waals surface area contributed by atoms with E-state index >= 15 is 0 Å². The number of allylic oxidation sites excluding steroid dienone is 4. The number of aliphatic hydroxyl groups is 2. The molecule has 0 aromatic heterocycles. The minimum atomic E-state index is -0.696. The molecule has 6 nitrogen and oxygen atoms in total. The second-order valence-corrected chi connectivity index (χ2v) is 16.4. The zero-order chi connectivity index (χ0) is 40.1. The Bertz CT molecular complexity index is 858. The molecule has 0 saturated heterocycles. The van der Waals surface area contributed by atoms with Crippen molar-refractivity contribution in [3.63, 3.8) is 0 Å². The Balaban J connectivity index is 3.52. The third kappa shape index (κ3) is 41.8. The molecule has 0 radical (unpaired) electrons. The molecule has 2 atom stereocenters. The van der Waals surface area contributed by atoms with Crippen LogP contribution in [0.25, 0.3) is 0 Å². The number of esters is 1. The van der Waals surface area contributed by atoms with Gasteiger partial charge in [-0.2, -0.15) is 0 Å².